The van der Waals surface area contributed by atoms with Gasteiger partial charge in [0.15, 0.2) is 28.2 Å². The van der Waals surface area contributed by atoms with Crippen LogP contribution in [0.3, 0.4) is 0 Å². The molecule has 1 saturated carbocycles. The molecule has 0 aliphatic heterocycles. The monoisotopic (exact) mass is 672 g/mol. The Labute approximate surface area is 262 Å². The largest absolute Gasteiger partial charge is 0.478 e. The quantitative estimate of drug-likeness (QED) is 0.130. The average molecular weight is 673 g/mol. The van der Waals surface area contributed by atoms with E-state index >= 15 is 0 Å². The van der Waals surface area contributed by atoms with Gasteiger partial charge in [0, 0.05) is 12.2 Å². The van der Waals surface area contributed by atoms with Crippen molar-refractivity contribution in [3.05, 3.63) is 93.3 Å². The number of anilines is 1. The third-order valence-corrected chi connectivity index (χ3v) is 9.92. The van der Waals surface area contributed by atoms with Gasteiger partial charge in [0.2, 0.25) is 21.7 Å². The highest BCUT2D eigenvalue weighted by Crippen LogP contribution is 2.34. The van der Waals surface area contributed by atoms with Gasteiger partial charge in [0.05, 0.1) is 23.7 Å². The van der Waals surface area contributed by atoms with Crippen molar-refractivity contribution in [1.82, 2.24) is 4.31 Å². The molecule has 4 rings (SSSR count). The molecule has 7 nitrogen and oxygen atoms in total. The van der Waals surface area contributed by atoms with Crippen molar-refractivity contribution < 1.29 is 45.1 Å². The van der Waals surface area contributed by atoms with Crippen LogP contribution in [0.1, 0.15) is 72.9 Å². The highest BCUT2D eigenvalue weighted by atomic mass is 35.5. The van der Waals surface area contributed by atoms with Crippen molar-refractivity contribution >= 4 is 39.2 Å². The van der Waals surface area contributed by atoms with Crippen molar-refractivity contribution in [2.45, 2.75) is 62.8 Å². The number of nitrogens with zero attached hydrogens (tertiary/aromatic N) is 2. The summed E-state index contributed by atoms with van der Waals surface area (Å²) in [6.07, 6.45) is 5.58. The lowest BCUT2D eigenvalue weighted by atomic mass is 9.84. The van der Waals surface area contributed by atoms with E-state index in [9.17, 15) is 45.1 Å². The first-order valence-electron chi connectivity index (χ1n) is 14.2. The standard InChI is InChI=1S/C31H30ClF5N2O5S/c1-2-14-38(45(43,44)30-28(36)26(34)25(33)27(35)29(30)37)17-24(40)39(21-12-13-22(31(41)42)23(32)15-21)16-18-8-10-20(11-9-18)19-6-4-3-5-7-19/h8-13,15,19H,2-7,14,16-17H2,1H3,(H,41,42). The van der Waals surface area contributed by atoms with Crippen molar-refractivity contribution in [3.63, 3.8) is 0 Å². The Morgan fingerprint density at radius 2 is 1.47 bits per heavy atom. The Morgan fingerprint density at radius 3 is 2.00 bits per heavy atom. The zero-order chi connectivity index (χ0) is 33.1. The van der Waals surface area contributed by atoms with Crippen LogP contribution in [-0.4, -0.2) is 42.8 Å². The molecule has 242 valence electrons. The molecule has 3 aromatic carbocycles. The zero-order valence-electron chi connectivity index (χ0n) is 24.1. The third-order valence-electron chi connectivity index (χ3n) is 7.74. The summed E-state index contributed by atoms with van der Waals surface area (Å²) in [4.78, 5) is 24.3. The van der Waals surface area contributed by atoms with E-state index in [1.807, 2.05) is 12.1 Å². The molecule has 0 spiro atoms. The number of halogens is 6. The Kier molecular flexibility index (Phi) is 10.9. The van der Waals surface area contributed by atoms with E-state index in [0.717, 1.165) is 42.2 Å². The molecular weight excluding hydrogens is 643 g/mol. The Balaban J connectivity index is 1.71. The summed E-state index contributed by atoms with van der Waals surface area (Å²) < 4.78 is 97.7. The molecule has 1 amide bonds. The number of sulfonamides is 1. The number of carbonyl (C=O) groups is 2. The first-order chi connectivity index (χ1) is 21.3. The number of aromatic carboxylic acids is 1. The average Bonchev–Trinajstić information content (AvgIpc) is 3.01. The minimum Gasteiger partial charge on any atom is -0.478 e. The topological polar surface area (TPSA) is 95.0 Å². The SMILES string of the molecule is CCCN(CC(=O)N(Cc1ccc(C2CCCCC2)cc1)c1ccc(C(=O)O)c(Cl)c1)S(=O)(=O)c1c(F)c(F)c(F)c(F)c1F. The van der Waals surface area contributed by atoms with Gasteiger partial charge in [-0.25, -0.2) is 35.2 Å². The van der Waals surface area contributed by atoms with Crippen LogP contribution >= 0.6 is 11.6 Å². The van der Waals surface area contributed by atoms with E-state index in [-0.39, 0.29) is 29.2 Å². The van der Waals surface area contributed by atoms with Gasteiger partial charge in [-0.05, 0) is 54.5 Å². The maximum Gasteiger partial charge on any atom is 0.337 e. The van der Waals surface area contributed by atoms with E-state index in [4.69, 9.17) is 11.6 Å². The Morgan fingerprint density at radius 1 is 0.889 bits per heavy atom. The number of carboxylic acids is 1. The molecule has 0 unspecified atom stereocenters. The van der Waals surface area contributed by atoms with E-state index in [1.165, 1.54) is 25.5 Å². The minimum atomic E-state index is -5.43. The van der Waals surface area contributed by atoms with Gasteiger partial charge in [-0.15, -0.1) is 0 Å². The van der Waals surface area contributed by atoms with Gasteiger partial charge in [0.1, 0.15) is 0 Å². The molecule has 1 aliphatic carbocycles. The summed E-state index contributed by atoms with van der Waals surface area (Å²) in [6.45, 7) is -0.207. The molecule has 1 N–H and O–H groups in total. The van der Waals surface area contributed by atoms with Gasteiger partial charge >= 0.3 is 5.97 Å². The van der Waals surface area contributed by atoms with Crippen LogP contribution in [0, 0.1) is 29.1 Å². The number of hydrogen-bond acceptors (Lipinski definition) is 4. The van der Waals surface area contributed by atoms with Crippen molar-refractivity contribution in [3.8, 4) is 0 Å². The van der Waals surface area contributed by atoms with E-state index in [0.29, 0.717) is 15.8 Å². The maximum absolute atomic E-state index is 14.6. The lowest BCUT2D eigenvalue weighted by Crippen LogP contribution is -2.43. The van der Waals surface area contributed by atoms with Gasteiger partial charge in [0.25, 0.3) is 0 Å². The van der Waals surface area contributed by atoms with E-state index in [2.05, 4.69) is 0 Å². The number of hydrogen-bond donors (Lipinski definition) is 1. The molecule has 3 aromatic rings. The summed E-state index contributed by atoms with van der Waals surface area (Å²) in [7, 11) is -5.43. The third kappa shape index (κ3) is 7.31. The van der Waals surface area contributed by atoms with Crippen LogP contribution in [0.4, 0.5) is 27.6 Å². The summed E-state index contributed by atoms with van der Waals surface area (Å²) in [5.74, 6) is -14.4. The lowest BCUT2D eigenvalue weighted by Gasteiger charge is -2.28. The molecule has 45 heavy (non-hydrogen) atoms. The number of rotatable bonds is 11. The highest BCUT2D eigenvalue weighted by Gasteiger charge is 2.38. The van der Waals surface area contributed by atoms with Gasteiger partial charge in [-0.1, -0.05) is 62.1 Å². The van der Waals surface area contributed by atoms with Gasteiger partial charge < -0.3 is 10.0 Å². The molecule has 0 atom stereocenters. The fraction of sp³-hybridized carbons (Fsp3) is 0.355. The number of benzene rings is 3. The van der Waals surface area contributed by atoms with Crippen LogP contribution in [0.25, 0.3) is 0 Å². The predicted octanol–water partition coefficient (Wildman–Crippen LogP) is 7.42. The first kappa shape index (κ1) is 34.3. The molecular formula is C31H30ClF5N2O5S. The summed E-state index contributed by atoms with van der Waals surface area (Å²) in [6, 6.07) is 11.1. The second-order valence-corrected chi connectivity index (χ2v) is 13.0. The van der Waals surface area contributed by atoms with Crippen LogP contribution in [-0.2, 0) is 21.4 Å². The highest BCUT2D eigenvalue weighted by molar-refractivity contribution is 7.89. The maximum atomic E-state index is 14.6. The summed E-state index contributed by atoms with van der Waals surface area (Å²) in [5.41, 5.74) is 1.57. The molecule has 0 radical (unpaired) electrons. The van der Waals surface area contributed by atoms with Gasteiger partial charge in [-0.2, -0.15) is 4.31 Å². The predicted molar refractivity (Wildman–Crippen MR) is 157 cm³/mol. The fourth-order valence-electron chi connectivity index (χ4n) is 5.39. The lowest BCUT2D eigenvalue weighted by molar-refractivity contribution is -0.119. The second-order valence-electron chi connectivity index (χ2n) is 10.8. The summed E-state index contributed by atoms with van der Waals surface area (Å²) in [5, 5.41) is 9.16. The zero-order valence-corrected chi connectivity index (χ0v) is 25.7. The minimum absolute atomic E-state index is 0.0175. The molecule has 0 saturated heterocycles. The normalized spacial score (nSPS) is 14.1. The van der Waals surface area contributed by atoms with Crippen LogP contribution in [0.5, 0.6) is 0 Å². The van der Waals surface area contributed by atoms with Gasteiger partial charge in [-0.3, -0.25) is 4.79 Å². The molecule has 0 aromatic heterocycles. The number of carboxylic acid groups (broad SMARTS) is 1. The van der Waals surface area contributed by atoms with Crippen LogP contribution < -0.4 is 4.90 Å². The number of amides is 1. The molecule has 0 heterocycles. The summed E-state index contributed by atoms with van der Waals surface area (Å²) >= 11 is 6.16. The van der Waals surface area contributed by atoms with E-state index in [1.54, 1.807) is 12.1 Å². The molecule has 1 aliphatic rings. The Bertz CT molecular complexity index is 1670. The second kappa shape index (κ2) is 14.3. The van der Waals surface area contributed by atoms with Crippen LogP contribution in [0.15, 0.2) is 47.4 Å². The first-order valence-corrected chi connectivity index (χ1v) is 16.0. The molecule has 14 heteroatoms. The van der Waals surface area contributed by atoms with Crippen molar-refractivity contribution in [2.24, 2.45) is 0 Å². The Hall–Kier alpha value is -3.55. The molecule has 0 bridgehead atoms. The van der Waals surface area contributed by atoms with E-state index < -0.39 is 69.0 Å². The van der Waals surface area contributed by atoms with Crippen molar-refractivity contribution in [1.29, 1.82) is 0 Å². The fourth-order valence-corrected chi connectivity index (χ4v) is 7.24. The number of carbonyl (C=O) groups excluding carboxylic acids is 1. The molecule has 1 fully saturated rings. The van der Waals surface area contributed by atoms with Crippen LogP contribution in [0.2, 0.25) is 5.02 Å². The smallest absolute Gasteiger partial charge is 0.337 e. The van der Waals surface area contributed by atoms with Crippen molar-refractivity contribution in [2.75, 3.05) is 18.0 Å².